The summed E-state index contributed by atoms with van der Waals surface area (Å²) in [6.45, 7) is 0.841. The van der Waals surface area contributed by atoms with Gasteiger partial charge < -0.3 is 10.2 Å². The van der Waals surface area contributed by atoms with Crippen LogP contribution in [0.3, 0.4) is 0 Å². The van der Waals surface area contributed by atoms with Gasteiger partial charge in [-0.25, -0.2) is 0 Å². The summed E-state index contributed by atoms with van der Waals surface area (Å²) in [4.78, 5) is 27.6. The van der Waals surface area contributed by atoms with Crippen LogP contribution in [0.2, 0.25) is 10.0 Å². The number of carbonyl (C=O) groups is 2. The largest absolute Gasteiger partial charge is 0.335 e. The SMILES string of the molecule is O=C(Nc1ccc(C(=O)N2CCC[C@@H]3CCCC[C@@H]32)cc1)c1ccc(Cl)cc1Cl. The van der Waals surface area contributed by atoms with Crippen molar-refractivity contribution in [2.24, 2.45) is 5.92 Å². The number of hydrogen-bond donors (Lipinski definition) is 1. The minimum atomic E-state index is -0.313. The van der Waals surface area contributed by atoms with Gasteiger partial charge in [0, 0.05) is 28.9 Å². The molecule has 29 heavy (non-hydrogen) atoms. The third-order valence-corrected chi connectivity index (χ3v) is 6.62. The highest BCUT2D eigenvalue weighted by atomic mass is 35.5. The summed E-state index contributed by atoms with van der Waals surface area (Å²) in [6.07, 6.45) is 7.19. The lowest BCUT2D eigenvalue weighted by atomic mass is 9.78. The molecule has 4 nitrogen and oxygen atoms in total. The molecule has 0 unspecified atom stereocenters. The number of carbonyl (C=O) groups excluding carboxylic acids is 2. The molecule has 2 aromatic rings. The van der Waals surface area contributed by atoms with E-state index < -0.39 is 0 Å². The molecule has 2 atom stereocenters. The molecule has 1 aliphatic carbocycles. The van der Waals surface area contributed by atoms with Crippen molar-refractivity contribution in [2.75, 3.05) is 11.9 Å². The van der Waals surface area contributed by atoms with Crippen molar-refractivity contribution in [3.63, 3.8) is 0 Å². The van der Waals surface area contributed by atoms with Crippen molar-refractivity contribution in [2.45, 2.75) is 44.6 Å². The summed E-state index contributed by atoms with van der Waals surface area (Å²) in [6, 6.07) is 12.2. The molecular formula is C23H24Cl2N2O2. The molecule has 6 heteroatoms. The van der Waals surface area contributed by atoms with E-state index in [4.69, 9.17) is 23.2 Å². The molecule has 2 aliphatic rings. The predicted molar refractivity (Wildman–Crippen MR) is 117 cm³/mol. The van der Waals surface area contributed by atoms with Crippen LogP contribution in [0.5, 0.6) is 0 Å². The zero-order valence-corrected chi connectivity index (χ0v) is 17.7. The van der Waals surface area contributed by atoms with Gasteiger partial charge in [-0.1, -0.05) is 36.0 Å². The van der Waals surface area contributed by atoms with Crippen LogP contribution in [-0.4, -0.2) is 29.3 Å². The fourth-order valence-electron chi connectivity index (χ4n) is 4.61. The fraction of sp³-hybridized carbons (Fsp3) is 0.391. The van der Waals surface area contributed by atoms with Crippen molar-refractivity contribution in [3.05, 3.63) is 63.6 Å². The molecule has 2 fully saturated rings. The summed E-state index contributed by atoms with van der Waals surface area (Å²) in [7, 11) is 0. The number of rotatable bonds is 3. The molecular weight excluding hydrogens is 407 g/mol. The van der Waals surface area contributed by atoms with Crippen LogP contribution in [0.4, 0.5) is 5.69 Å². The van der Waals surface area contributed by atoms with Gasteiger partial charge in [0.05, 0.1) is 10.6 Å². The normalized spacial score (nSPS) is 21.4. The predicted octanol–water partition coefficient (Wildman–Crippen LogP) is 6.04. The van der Waals surface area contributed by atoms with Crippen LogP contribution in [0.25, 0.3) is 0 Å². The minimum Gasteiger partial charge on any atom is -0.335 e. The van der Waals surface area contributed by atoms with Crippen LogP contribution >= 0.6 is 23.2 Å². The van der Waals surface area contributed by atoms with E-state index >= 15 is 0 Å². The molecule has 2 amide bonds. The summed E-state index contributed by atoms with van der Waals surface area (Å²) in [5, 5.41) is 3.60. The lowest BCUT2D eigenvalue weighted by Gasteiger charge is -2.44. The van der Waals surface area contributed by atoms with E-state index in [1.54, 1.807) is 36.4 Å². The topological polar surface area (TPSA) is 49.4 Å². The molecule has 0 aromatic heterocycles. The average Bonchev–Trinajstić information content (AvgIpc) is 2.73. The highest BCUT2D eigenvalue weighted by Gasteiger charge is 2.35. The van der Waals surface area contributed by atoms with Gasteiger partial charge in [-0.2, -0.15) is 0 Å². The van der Waals surface area contributed by atoms with Gasteiger partial charge in [-0.3, -0.25) is 9.59 Å². The van der Waals surface area contributed by atoms with Gasteiger partial charge in [0.2, 0.25) is 0 Å². The first-order chi connectivity index (χ1) is 14.0. The van der Waals surface area contributed by atoms with E-state index in [0.29, 0.717) is 38.8 Å². The lowest BCUT2D eigenvalue weighted by molar-refractivity contribution is 0.0390. The van der Waals surface area contributed by atoms with Crippen LogP contribution in [0.15, 0.2) is 42.5 Å². The van der Waals surface area contributed by atoms with Crippen LogP contribution < -0.4 is 5.32 Å². The summed E-state index contributed by atoms with van der Waals surface area (Å²) < 4.78 is 0. The van der Waals surface area contributed by atoms with Crippen molar-refractivity contribution < 1.29 is 9.59 Å². The summed E-state index contributed by atoms with van der Waals surface area (Å²) in [5.74, 6) is 0.441. The second kappa shape index (κ2) is 8.76. The Morgan fingerprint density at radius 3 is 2.41 bits per heavy atom. The second-order valence-electron chi connectivity index (χ2n) is 7.91. The van der Waals surface area contributed by atoms with E-state index in [-0.39, 0.29) is 11.8 Å². The molecule has 1 heterocycles. The second-order valence-corrected chi connectivity index (χ2v) is 8.75. The molecule has 2 aromatic carbocycles. The van der Waals surface area contributed by atoms with Crippen molar-refractivity contribution >= 4 is 40.7 Å². The Hall–Kier alpha value is -2.04. The molecule has 152 valence electrons. The van der Waals surface area contributed by atoms with Crippen molar-refractivity contribution in [1.29, 1.82) is 0 Å². The number of halogens is 2. The molecule has 1 N–H and O–H groups in total. The molecule has 1 aliphatic heterocycles. The van der Waals surface area contributed by atoms with E-state index in [0.717, 1.165) is 19.4 Å². The Kier molecular flexibility index (Phi) is 6.12. The Morgan fingerprint density at radius 2 is 1.66 bits per heavy atom. The maximum Gasteiger partial charge on any atom is 0.257 e. The van der Waals surface area contributed by atoms with Gasteiger partial charge in [0.15, 0.2) is 0 Å². The van der Waals surface area contributed by atoms with E-state index in [1.807, 2.05) is 0 Å². The third-order valence-electron chi connectivity index (χ3n) is 6.07. The molecule has 4 rings (SSSR count). The number of amides is 2. The Morgan fingerprint density at radius 1 is 0.931 bits per heavy atom. The quantitative estimate of drug-likeness (QED) is 0.644. The smallest absolute Gasteiger partial charge is 0.257 e. The van der Waals surface area contributed by atoms with Gasteiger partial charge >= 0.3 is 0 Å². The van der Waals surface area contributed by atoms with Crippen LogP contribution in [0.1, 0.15) is 59.2 Å². The number of benzene rings is 2. The number of likely N-dealkylation sites (tertiary alicyclic amines) is 1. The zero-order valence-electron chi connectivity index (χ0n) is 16.2. The lowest BCUT2D eigenvalue weighted by Crippen LogP contribution is -2.49. The number of hydrogen-bond acceptors (Lipinski definition) is 2. The van der Waals surface area contributed by atoms with E-state index in [9.17, 15) is 9.59 Å². The molecule has 0 bridgehead atoms. The van der Waals surface area contributed by atoms with Crippen molar-refractivity contribution in [1.82, 2.24) is 4.90 Å². The van der Waals surface area contributed by atoms with Gasteiger partial charge in [-0.15, -0.1) is 0 Å². The number of fused-ring (bicyclic) bond motifs is 1. The highest BCUT2D eigenvalue weighted by molar-refractivity contribution is 6.37. The Bertz CT molecular complexity index is 912. The van der Waals surface area contributed by atoms with Crippen LogP contribution in [0, 0.1) is 5.92 Å². The first-order valence-corrected chi connectivity index (χ1v) is 11.0. The monoisotopic (exact) mass is 430 g/mol. The van der Waals surface area contributed by atoms with Crippen LogP contribution in [-0.2, 0) is 0 Å². The highest BCUT2D eigenvalue weighted by Crippen LogP contribution is 2.36. The maximum atomic E-state index is 13.1. The fourth-order valence-corrected chi connectivity index (χ4v) is 5.11. The molecule has 1 saturated heterocycles. The summed E-state index contributed by atoms with van der Waals surface area (Å²) >= 11 is 12.0. The molecule has 0 radical (unpaired) electrons. The average molecular weight is 431 g/mol. The van der Waals surface area contributed by atoms with Gasteiger partial charge in [0.1, 0.15) is 0 Å². The number of anilines is 1. The van der Waals surface area contributed by atoms with Gasteiger partial charge in [0.25, 0.3) is 11.8 Å². The third kappa shape index (κ3) is 4.44. The zero-order chi connectivity index (χ0) is 20.4. The van der Waals surface area contributed by atoms with E-state index in [2.05, 4.69) is 10.2 Å². The number of piperidine rings is 1. The number of nitrogens with zero attached hydrogens (tertiary/aromatic N) is 1. The van der Waals surface area contributed by atoms with Crippen molar-refractivity contribution in [3.8, 4) is 0 Å². The van der Waals surface area contributed by atoms with E-state index in [1.165, 1.54) is 31.7 Å². The Balaban J connectivity index is 1.44. The van der Waals surface area contributed by atoms with Gasteiger partial charge in [-0.05, 0) is 74.1 Å². The first kappa shape index (κ1) is 20.2. The standard InChI is InChI=1S/C23H24Cl2N2O2/c24-17-9-12-19(20(25)14-17)22(28)26-18-10-7-16(8-11-18)23(29)27-13-3-5-15-4-1-2-6-21(15)27/h7-12,14-15,21H,1-6,13H2,(H,26,28)/t15-,21-/m0/s1. The summed E-state index contributed by atoms with van der Waals surface area (Å²) in [5.41, 5.74) is 1.64. The molecule has 1 saturated carbocycles. The minimum absolute atomic E-state index is 0.0974. The Labute approximate surface area is 181 Å². The number of nitrogens with one attached hydrogen (secondary N) is 1. The molecule has 0 spiro atoms. The first-order valence-electron chi connectivity index (χ1n) is 10.2. The maximum absolute atomic E-state index is 13.1.